The van der Waals surface area contributed by atoms with Crippen LogP contribution >= 0.6 is 0 Å². The van der Waals surface area contributed by atoms with E-state index in [1.165, 1.54) is 0 Å². The largest absolute Gasteiger partial charge is 0.394 e. The van der Waals surface area contributed by atoms with E-state index in [1.807, 2.05) is 13.8 Å². The predicted molar refractivity (Wildman–Crippen MR) is 63.2 cm³/mol. The highest BCUT2D eigenvalue weighted by atomic mass is 16.3. The van der Waals surface area contributed by atoms with Gasteiger partial charge in [0, 0.05) is 0 Å². The summed E-state index contributed by atoms with van der Waals surface area (Å²) in [4.78, 5) is 22.9. The van der Waals surface area contributed by atoms with Crippen molar-refractivity contribution in [2.75, 3.05) is 6.61 Å². The maximum absolute atomic E-state index is 12.0. The van der Waals surface area contributed by atoms with E-state index in [9.17, 15) is 9.59 Å². The van der Waals surface area contributed by atoms with Crippen molar-refractivity contribution in [3.05, 3.63) is 0 Å². The quantitative estimate of drug-likeness (QED) is 0.515. The maximum Gasteiger partial charge on any atom is 0.312 e. The van der Waals surface area contributed by atoms with E-state index in [0.29, 0.717) is 0 Å². The molecule has 1 aliphatic rings. The number of rotatable bonds is 6. The topological polar surface area (TPSA) is 104 Å². The first-order valence-corrected chi connectivity index (χ1v) is 5.93. The molecule has 0 spiro atoms. The van der Waals surface area contributed by atoms with Crippen LogP contribution in [0.4, 0.5) is 4.79 Å². The predicted octanol–water partition coefficient (Wildman–Crippen LogP) is -0.289. The minimum atomic E-state index is -0.709. The van der Waals surface area contributed by atoms with Gasteiger partial charge in [-0.1, -0.05) is 20.3 Å². The Kier molecular flexibility index (Phi) is 4.34. The summed E-state index contributed by atoms with van der Waals surface area (Å²) in [5.41, 5.74) is 4.59. The van der Waals surface area contributed by atoms with Crippen molar-refractivity contribution in [2.45, 2.75) is 44.7 Å². The lowest BCUT2D eigenvalue weighted by atomic mass is 9.98. The molecular weight excluding hydrogens is 222 g/mol. The van der Waals surface area contributed by atoms with Crippen LogP contribution in [0.3, 0.4) is 0 Å². The van der Waals surface area contributed by atoms with Gasteiger partial charge in [-0.25, -0.2) is 4.79 Å². The Labute approximate surface area is 101 Å². The first-order chi connectivity index (χ1) is 7.94. The molecule has 3 amide bonds. The molecule has 0 aromatic carbocycles. The van der Waals surface area contributed by atoms with Gasteiger partial charge in [-0.3, -0.25) is 4.79 Å². The summed E-state index contributed by atoms with van der Waals surface area (Å²) in [5, 5.41) is 14.4. The zero-order chi connectivity index (χ0) is 13.1. The number of hydrogen-bond donors (Lipinski definition) is 4. The van der Waals surface area contributed by atoms with E-state index < -0.39 is 17.6 Å². The molecule has 0 heterocycles. The SMILES string of the molecule is CCC(C)C(NC(N)=O)C(=O)NC1(CO)CC1. The molecule has 0 aromatic rings. The molecule has 98 valence electrons. The van der Waals surface area contributed by atoms with E-state index in [-0.39, 0.29) is 18.4 Å². The Balaban J connectivity index is 2.62. The molecule has 0 bridgehead atoms. The van der Waals surface area contributed by atoms with Crippen LogP contribution in [-0.2, 0) is 4.79 Å². The normalized spacial score (nSPS) is 20.2. The fourth-order valence-corrected chi connectivity index (χ4v) is 1.67. The monoisotopic (exact) mass is 243 g/mol. The van der Waals surface area contributed by atoms with Crippen molar-refractivity contribution in [1.82, 2.24) is 10.6 Å². The Morgan fingerprint density at radius 3 is 2.41 bits per heavy atom. The molecule has 1 saturated carbocycles. The van der Waals surface area contributed by atoms with Crippen LogP contribution in [0.2, 0.25) is 0 Å². The second-order valence-corrected chi connectivity index (χ2v) is 4.80. The second kappa shape index (κ2) is 5.35. The van der Waals surface area contributed by atoms with Crippen LogP contribution in [0.15, 0.2) is 0 Å². The van der Waals surface area contributed by atoms with Gasteiger partial charge >= 0.3 is 6.03 Å². The van der Waals surface area contributed by atoms with Crippen molar-refractivity contribution in [3.63, 3.8) is 0 Å². The maximum atomic E-state index is 12.0. The first kappa shape index (κ1) is 13.8. The summed E-state index contributed by atoms with van der Waals surface area (Å²) in [6, 6.07) is -1.35. The Bertz CT molecular complexity index is 302. The van der Waals surface area contributed by atoms with Crippen molar-refractivity contribution < 1.29 is 14.7 Å². The van der Waals surface area contributed by atoms with E-state index >= 15 is 0 Å². The van der Waals surface area contributed by atoms with Crippen LogP contribution < -0.4 is 16.4 Å². The number of aliphatic hydroxyl groups excluding tert-OH is 1. The molecule has 5 N–H and O–H groups in total. The highest BCUT2D eigenvalue weighted by Crippen LogP contribution is 2.34. The number of urea groups is 1. The fourth-order valence-electron chi connectivity index (χ4n) is 1.67. The third kappa shape index (κ3) is 3.59. The van der Waals surface area contributed by atoms with Crippen molar-refractivity contribution >= 4 is 11.9 Å². The van der Waals surface area contributed by atoms with Crippen molar-refractivity contribution in [3.8, 4) is 0 Å². The summed E-state index contributed by atoms with van der Waals surface area (Å²) in [6.07, 6.45) is 2.31. The summed E-state index contributed by atoms with van der Waals surface area (Å²) >= 11 is 0. The van der Waals surface area contributed by atoms with Crippen LogP contribution in [0.25, 0.3) is 0 Å². The molecule has 0 aliphatic heterocycles. The second-order valence-electron chi connectivity index (χ2n) is 4.80. The molecule has 0 radical (unpaired) electrons. The lowest BCUT2D eigenvalue weighted by Crippen LogP contribution is -2.55. The number of primary amides is 1. The van der Waals surface area contributed by atoms with Gasteiger partial charge < -0.3 is 21.5 Å². The minimum Gasteiger partial charge on any atom is -0.394 e. The highest BCUT2D eigenvalue weighted by Gasteiger charge is 2.44. The van der Waals surface area contributed by atoms with Gasteiger partial charge in [0.1, 0.15) is 6.04 Å². The molecule has 6 heteroatoms. The summed E-state index contributed by atoms with van der Waals surface area (Å²) in [6.45, 7) is 3.74. The lowest BCUT2D eigenvalue weighted by molar-refractivity contribution is -0.125. The molecule has 1 aliphatic carbocycles. The number of carbonyl (C=O) groups is 2. The average molecular weight is 243 g/mol. The Morgan fingerprint density at radius 1 is 1.47 bits per heavy atom. The van der Waals surface area contributed by atoms with Crippen LogP contribution in [0, 0.1) is 5.92 Å². The van der Waals surface area contributed by atoms with Crippen molar-refractivity contribution in [1.29, 1.82) is 0 Å². The van der Waals surface area contributed by atoms with E-state index in [4.69, 9.17) is 10.8 Å². The third-order valence-electron chi connectivity index (χ3n) is 3.34. The molecule has 0 aromatic heterocycles. The molecule has 1 fully saturated rings. The Hall–Kier alpha value is -1.30. The molecule has 1 rings (SSSR count). The van der Waals surface area contributed by atoms with Gasteiger partial charge in [0.05, 0.1) is 12.1 Å². The summed E-state index contributed by atoms with van der Waals surface area (Å²) in [7, 11) is 0. The molecule has 2 atom stereocenters. The fraction of sp³-hybridized carbons (Fsp3) is 0.818. The van der Waals surface area contributed by atoms with Gasteiger partial charge in [-0.2, -0.15) is 0 Å². The van der Waals surface area contributed by atoms with Gasteiger partial charge in [-0.05, 0) is 18.8 Å². The molecular formula is C11H21N3O3. The molecule has 0 saturated heterocycles. The van der Waals surface area contributed by atoms with Gasteiger partial charge in [0.2, 0.25) is 5.91 Å². The zero-order valence-electron chi connectivity index (χ0n) is 10.3. The molecule has 2 unspecified atom stereocenters. The van der Waals surface area contributed by atoms with Crippen LogP contribution in [-0.4, -0.2) is 35.2 Å². The highest BCUT2D eigenvalue weighted by molar-refractivity contribution is 5.87. The number of hydrogen-bond acceptors (Lipinski definition) is 3. The van der Waals surface area contributed by atoms with E-state index in [2.05, 4.69) is 10.6 Å². The standard InChI is InChI=1S/C11H21N3O3/c1-3-7(2)8(13-10(12)17)9(16)14-11(6-15)4-5-11/h7-8,15H,3-6H2,1-2H3,(H,14,16)(H3,12,13,17). The lowest BCUT2D eigenvalue weighted by Gasteiger charge is -2.25. The number of amides is 3. The van der Waals surface area contributed by atoms with Crippen molar-refractivity contribution in [2.24, 2.45) is 11.7 Å². The van der Waals surface area contributed by atoms with Gasteiger partial charge in [0.15, 0.2) is 0 Å². The van der Waals surface area contributed by atoms with E-state index in [1.54, 1.807) is 0 Å². The van der Waals surface area contributed by atoms with Gasteiger partial charge in [-0.15, -0.1) is 0 Å². The smallest absolute Gasteiger partial charge is 0.312 e. The average Bonchev–Trinajstić information content (AvgIpc) is 3.05. The van der Waals surface area contributed by atoms with E-state index in [0.717, 1.165) is 19.3 Å². The number of nitrogens with two attached hydrogens (primary N) is 1. The summed E-state index contributed by atoms with van der Waals surface area (Å²) < 4.78 is 0. The number of aliphatic hydroxyl groups is 1. The van der Waals surface area contributed by atoms with Crippen LogP contribution in [0.1, 0.15) is 33.1 Å². The zero-order valence-corrected chi connectivity index (χ0v) is 10.3. The number of carbonyl (C=O) groups excluding carboxylic acids is 2. The van der Waals surface area contributed by atoms with Crippen LogP contribution in [0.5, 0.6) is 0 Å². The van der Waals surface area contributed by atoms with Gasteiger partial charge in [0.25, 0.3) is 0 Å². The molecule has 17 heavy (non-hydrogen) atoms. The summed E-state index contributed by atoms with van der Waals surface area (Å²) in [5.74, 6) is -0.276. The minimum absolute atomic E-state index is 0.00278. The first-order valence-electron chi connectivity index (χ1n) is 5.93. The third-order valence-corrected chi connectivity index (χ3v) is 3.34. The number of nitrogens with one attached hydrogen (secondary N) is 2. The Morgan fingerprint density at radius 2 is 2.06 bits per heavy atom. The molecule has 6 nitrogen and oxygen atoms in total.